The second-order valence-corrected chi connectivity index (χ2v) is 6.41. The van der Waals surface area contributed by atoms with Gasteiger partial charge >= 0.3 is 0 Å². The molecule has 1 aliphatic heterocycles. The van der Waals surface area contributed by atoms with E-state index in [4.69, 9.17) is 4.98 Å². The van der Waals surface area contributed by atoms with E-state index >= 15 is 0 Å². The minimum Gasteiger partial charge on any atom is -0.337 e. The van der Waals surface area contributed by atoms with Gasteiger partial charge in [0, 0.05) is 36.1 Å². The topological polar surface area (TPSA) is 45.2 Å². The van der Waals surface area contributed by atoms with E-state index in [0.29, 0.717) is 12.0 Å². The van der Waals surface area contributed by atoms with Gasteiger partial charge in [0.1, 0.15) is 0 Å². The number of hydrogen-bond donors (Lipinski definition) is 1. The van der Waals surface area contributed by atoms with Gasteiger partial charge in [0.2, 0.25) is 0 Å². The molecule has 1 N–H and O–H groups in total. The van der Waals surface area contributed by atoms with Gasteiger partial charge < -0.3 is 10.2 Å². The molecule has 2 fully saturated rings. The van der Waals surface area contributed by atoms with Crippen LogP contribution in [0.4, 0.5) is 0 Å². The van der Waals surface area contributed by atoms with Gasteiger partial charge in [-0.25, -0.2) is 0 Å². The van der Waals surface area contributed by atoms with Crippen LogP contribution < -0.4 is 5.32 Å². The lowest BCUT2D eigenvalue weighted by atomic mass is 10.0. The fourth-order valence-corrected chi connectivity index (χ4v) is 3.31. The van der Waals surface area contributed by atoms with Crippen molar-refractivity contribution in [2.24, 2.45) is 0 Å². The summed E-state index contributed by atoms with van der Waals surface area (Å²) in [5.41, 5.74) is 2.86. The maximum absolute atomic E-state index is 13.0. The summed E-state index contributed by atoms with van der Waals surface area (Å²) < 4.78 is 0. The van der Waals surface area contributed by atoms with Gasteiger partial charge in [-0.2, -0.15) is 0 Å². The maximum Gasteiger partial charge on any atom is 0.254 e. The van der Waals surface area contributed by atoms with Crippen molar-refractivity contribution in [3.05, 3.63) is 41.6 Å². The Morgan fingerprint density at radius 1 is 1.27 bits per heavy atom. The Morgan fingerprint density at radius 2 is 2.09 bits per heavy atom. The Morgan fingerprint density at radius 3 is 2.82 bits per heavy atom. The van der Waals surface area contributed by atoms with Crippen LogP contribution in [0.5, 0.6) is 0 Å². The molecule has 2 heterocycles. The van der Waals surface area contributed by atoms with Gasteiger partial charge in [-0.15, -0.1) is 0 Å². The summed E-state index contributed by atoms with van der Waals surface area (Å²) in [5.74, 6) is 0.707. The molecule has 1 atom stereocenters. The van der Waals surface area contributed by atoms with E-state index < -0.39 is 0 Å². The van der Waals surface area contributed by atoms with Gasteiger partial charge in [-0.05, 0) is 38.4 Å². The van der Waals surface area contributed by atoms with Crippen LogP contribution in [0.25, 0.3) is 10.9 Å². The van der Waals surface area contributed by atoms with Crippen molar-refractivity contribution < 1.29 is 4.79 Å². The van der Waals surface area contributed by atoms with Crippen molar-refractivity contribution in [1.29, 1.82) is 0 Å². The van der Waals surface area contributed by atoms with E-state index in [2.05, 4.69) is 5.32 Å². The zero-order valence-corrected chi connectivity index (χ0v) is 12.9. The lowest BCUT2D eigenvalue weighted by Gasteiger charge is -2.18. The van der Waals surface area contributed by atoms with Crippen molar-refractivity contribution in [1.82, 2.24) is 15.2 Å². The third kappa shape index (κ3) is 2.37. The van der Waals surface area contributed by atoms with Gasteiger partial charge in [-0.1, -0.05) is 18.2 Å². The molecule has 114 valence electrons. The van der Waals surface area contributed by atoms with Gasteiger partial charge in [0.15, 0.2) is 0 Å². The van der Waals surface area contributed by atoms with Crippen LogP contribution >= 0.6 is 0 Å². The molecule has 1 aromatic heterocycles. The lowest BCUT2D eigenvalue weighted by Crippen LogP contribution is -2.33. The molecule has 4 rings (SSSR count). The molecular weight excluding hydrogens is 274 g/mol. The molecule has 1 aliphatic carbocycles. The number of likely N-dealkylation sites (N-methyl/N-ethyl adjacent to an activating group) is 1. The average Bonchev–Trinajstić information content (AvgIpc) is 3.30. The predicted octanol–water partition coefficient (Wildman–Crippen LogP) is 2.55. The summed E-state index contributed by atoms with van der Waals surface area (Å²) in [6, 6.07) is 10.5. The fraction of sp³-hybridized carbons (Fsp3) is 0.444. The number of likely N-dealkylation sites (tertiary alicyclic amines) is 1. The summed E-state index contributed by atoms with van der Waals surface area (Å²) in [4.78, 5) is 19.7. The number of nitrogens with zero attached hydrogens (tertiary/aromatic N) is 2. The predicted molar refractivity (Wildman–Crippen MR) is 87.1 cm³/mol. The Kier molecular flexibility index (Phi) is 3.34. The molecule has 1 aromatic carbocycles. The fourth-order valence-electron chi connectivity index (χ4n) is 3.31. The zero-order chi connectivity index (χ0) is 15.1. The summed E-state index contributed by atoms with van der Waals surface area (Å²) in [5, 5.41) is 4.25. The van der Waals surface area contributed by atoms with E-state index in [1.807, 2.05) is 42.3 Å². The van der Waals surface area contributed by atoms with Crippen LogP contribution in [0, 0.1) is 0 Å². The first-order valence-electron chi connectivity index (χ1n) is 8.12. The number of pyridine rings is 1. The number of para-hydroxylation sites is 1. The minimum absolute atomic E-state index is 0.151. The molecule has 4 nitrogen and oxygen atoms in total. The Labute approximate surface area is 130 Å². The minimum atomic E-state index is 0.151. The zero-order valence-electron chi connectivity index (χ0n) is 12.9. The number of amides is 1. The third-order valence-electron chi connectivity index (χ3n) is 4.85. The quantitative estimate of drug-likeness (QED) is 0.946. The first kappa shape index (κ1) is 13.7. The van der Waals surface area contributed by atoms with E-state index in [1.165, 1.54) is 12.8 Å². The molecule has 1 saturated carbocycles. The van der Waals surface area contributed by atoms with E-state index in [1.54, 1.807) is 0 Å². The second kappa shape index (κ2) is 5.36. The summed E-state index contributed by atoms with van der Waals surface area (Å²) in [7, 11) is 1.96. The third-order valence-corrected chi connectivity index (χ3v) is 4.85. The van der Waals surface area contributed by atoms with Crippen molar-refractivity contribution in [2.75, 3.05) is 20.1 Å². The number of fused-ring (bicyclic) bond motifs is 1. The van der Waals surface area contributed by atoms with Gasteiger partial charge in [-0.3, -0.25) is 9.78 Å². The molecular formula is C18H21N3O. The Balaban J connectivity index is 1.74. The molecule has 4 heteroatoms. The highest BCUT2D eigenvalue weighted by Crippen LogP contribution is 2.40. The number of hydrogen-bond acceptors (Lipinski definition) is 3. The monoisotopic (exact) mass is 295 g/mol. The number of rotatable bonds is 3. The molecule has 1 saturated heterocycles. The smallest absolute Gasteiger partial charge is 0.254 e. The van der Waals surface area contributed by atoms with Gasteiger partial charge in [0.25, 0.3) is 5.91 Å². The summed E-state index contributed by atoms with van der Waals surface area (Å²) in [6.45, 7) is 1.63. The number of aromatic nitrogens is 1. The number of carbonyl (C=O) groups is 1. The number of carbonyl (C=O) groups excluding carboxylic acids is 1. The normalized spacial score (nSPS) is 21.5. The summed E-state index contributed by atoms with van der Waals surface area (Å²) in [6.07, 6.45) is 3.43. The highest BCUT2D eigenvalue weighted by Gasteiger charge is 2.30. The number of benzene rings is 1. The molecule has 0 spiro atoms. The van der Waals surface area contributed by atoms with Crippen LogP contribution in [0.2, 0.25) is 0 Å². The molecule has 0 unspecified atom stereocenters. The maximum atomic E-state index is 13.0. The molecule has 0 radical (unpaired) electrons. The van der Waals surface area contributed by atoms with Crippen molar-refractivity contribution in [2.45, 2.75) is 31.2 Å². The van der Waals surface area contributed by atoms with Crippen LogP contribution in [0.15, 0.2) is 30.3 Å². The van der Waals surface area contributed by atoms with Crippen molar-refractivity contribution in [3.63, 3.8) is 0 Å². The molecule has 2 aromatic rings. The van der Waals surface area contributed by atoms with Crippen molar-refractivity contribution in [3.8, 4) is 0 Å². The molecule has 1 amide bonds. The standard InChI is InChI=1S/C18H21N3O/c1-19-13-8-9-21(11-13)18(22)15-10-17(12-6-7-12)20-16-5-3-2-4-14(15)16/h2-5,10,12-13,19H,6-9,11H2,1H3/t13-/m0/s1. The molecule has 22 heavy (non-hydrogen) atoms. The van der Waals surface area contributed by atoms with Crippen LogP contribution in [-0.2, 0) is 0 Å². The van der Waals surface area contributed by atoms with Gasteiger partial charge in [0.05, 0.1) is 11.1 Å². The largest absolute Gasteiger partial charge is 0.337 e. The molecule has 2 aliphatic rings. The van der Waals surface area contributed by atoms with E-state index in [-0.39, 0.29) is 5.91 Å². The average molecular weight is 295 g/mol. The van der Waals surface area contributed by atoms with E-state index in [0.717, 1.165) is 41.7 Å². The summed E-state index contributed by atoms with van der Waals surface area (Å²) >= 11 is 0. The molecule has 0 bridgehead atoms. The first-order valence-corrected chi connectivity index (χ1v) is 8.12. The van der Waals surface area contributed by atoms with E-state index in [9.17, 15) is 4.79 Å². The number of nitrogens with one attached hydrogen (secondary N) is 1. The lowest BCUT2D eigenvalue weighted by molar-refractivity contribution is 0.0791. The SMILES string of the molecule is CN[C@H]1CCN(C(=O)c2cc(C3CC3)nc3ccccc23)C1. The first-order chi connectivity index (χ1) is 10.8. The Hall–Kier alpha value is -1.94. The van der Waals surface area contributed by atoms with Crippen LogP contribution in [0.3, 0.4) is 0 Å². The van der Waals surface area contributed by atoms with Crippen molar-refractivity contribution >= 4 is 16.8 Å². The van der Waals surface area contributed by atoms with Crippen LogP contribution in [-0.4, -0.2) is 42.0 Å². The Bertz CT molecular complexity index is 723. The second-order valence-electron chi connectivity index (χ2n) is 6.41. The highest BCUT2D eigenvalue weighted by atomic mass is 16.2. The highest BCUT2D eigenvalue weighted by molar-refractivity contribution is 6.06. The van der Waals surface area contributed by atoms with Crippen LogP contribution in [0.1, 0.15) is 41.2 Å².